The lowest BCUT2D eigenvalue weighted by atomic mass is 9.81. The first-order valence-corrected chi connectivity index (χ1v) is 10.1. The van der Waals surface area contributed by atoms with E-state index in [1.807, 2.05) is 0 Å². The van der Waals surface area contributed by atoms with Crippen molar-refractivity contribution in [3.8, 4) is 5.75 Å². The summed E-state index contributed by atoms with van der Waals surface area (Å²) in [4.78, 5) is 2.63. The van der Waals surface area contributed by atoms with Crippen molar-refractivity contribution in [1.82, 2.24) is 10.2 Å². The number of nitrogens with one attached hydrogen (secondary N) is 1. The number of fused-ring (bicyclic) bond motifs is 1. The molecule has 2 aliphatic carbocycles. The molecule has 1 aromatic rings. The predicted molar refractivity (Wildman–Crippen MR) is 103 cm³/mol. The van der Waals surface area contributed by atoms with Crippen LogP contribution in [0.5, 0.6) is 5.75 Å². The number of hydrogen-bond acceptors (Lipinski definition) is 3. The topological polar surface area (TPSA) is 24.5 Å². The molecule has 3 heteroatoms. The van der Waals surface area contributed by atoms with Gasteiger partial charge in [0.1, 0.15) is 11.4 Å². The van der Waals surface area contributed by atoms with Crippen LogP contribution >= 0.6 is 0 Å². The van der Waals surface area contributed by atoms with Crippen LogP contribution in [0.4, 0.5) is 0 Å². The number of nitrogens with zero attached hydrogens (tertiary/aromatic N) is 1. The lowest BCUT2D eigenvalue weighted by Gasteiger charge is -2.43. The molecule has 3 nitrogen and oxygen atoms in total. The maximum atomic E-state index is 6.57. The number of rotatable bonds is 3. The van der Waals surface area contributed by atoms with E-state index in [9.17, 15) is 0 Å². The van der Waals surface area contributed by atoms with E-state index in [2.05, 4.69) is 53.7 Å². The molecule has 1 aliphatic heterocycles. The first kappa shape index (κ1) is 17.1. The van der Waals surface area contributed by atoms with Gasteiger partial charge in [-0.15, -0.1) is 0 Å². The summed E-state index contributed by atoms with van der Waals surface area (Å²) in [5, 5.41) is 3.63. The Bertz CT molecular complexity index is 604. The summed E-state index contributed by atoms with van der Waals surface area (Å²) in [5.41, 5.74) is 1.29. The number of allylic oxidation sites excluding steroid dienone is 2. The van der Waals surface area contributed by atoms with E-state index in [4.69, 9.17) is 4.74 Å². The van der Waals surface area contributed by atoms with Crippen molar-refractivity contribution in [1.29, 1.82) is 0 Å². The number of ether oxygens (including phenoxy) is 1. The van der Waals surface area contributed by atoms with E-state index < -0.39 is 0 Å². The number of para-hydroxylation sites is 1. The highest BCUT2D eigenvalue weighted by atomic mass is 16.5. The fourth-order valence-electron chi connectivity index (χ4n) is 4.87. The van der Waals surface area contributed by atoms with Crippen molar-refractivity contribution in [3.63, 3.8) is 0 Å². The van der Waals surface area contributed by atoms with Crippen LogP contribution in [0.2, 0.25) is 0 Å². The minimum absolute atomic E-state index is 0.00246. The zero-order valence-electron chi connectivity index (χ0n) is 15.5. The minimum atomic E-state index is -0.00246. The zero-order chi connectivity index (χ0) is 17.1. The Balaban J connectivity index is 1.35. The molecule has 25 heavy (non-hydrogen) atoms. The van der Waals surface area contributed by atoms with Crippen LogP contribution in [0, 0.1) is 5.92 Å². The highest BCUT2D eigenvalue weighted by molar-refractivity contribution is 5.34. The third kappa shape index (κ3) is 3.93. The number of hydrogen-bond donors (Lipinski definition) is 1. The van der Waals surface area contributed by atoms with Gasteiger partial charge in [-0.2, -0.15) is 0 Å². The Labute approximate surface area is 152 Å². The largest absolute Gasteiger partial charge is 0.486 e. The van der Waals surface area contributed by atoms with Crippen molar-refractivity contribution >= 4 is 0 Å². The molecular formula is C22H32N2O. The van der Waals surface area contributed by atoms with Crippen molar-refractivity contribution < 1.29 is 4.74 Å². The Hall–Kier alpha value is -1.32. The molecule has 1 atom stereocenters. The molecule has 0 aromatic heterocycles. The molecule has 0 bridgehead atoms. The lowest BCUT2D eigenvalue weighted by molar-refractivity contribution is 0.00754. The normalized spacial score (nSPS) is 32.2. The van der Waals surface area contributed by atoms with E-state index in [1.54, 1.807) is 0 Å². The first-order valence-electron chi connectivity index (χ1n) is 10.1. The summed E-state index contributed by atoms with van der Waals surface area (Å²) in [6, 6.07) is 9.24. The maximum absolute atomic E-state index is 6.57. The van der Waals surface area contributed by atoms with Gasteiger partial charge in [0.25, 0.3) is 0 Å². The van der Waals surface area contributed by atoms with Gasteiger partial charge in [-0.25, -0.2) is 0 Å². The van der Waals surface area contributed by atoms with E-state index in [1.165, 1.54) is 44.2 Å². The first-order chi connectivity index (χ1) is 12.2. The molecule has 0 amide bonds. The fraction of sp³-hybridized carbons (Fsp3) is 0.636. The Morgan fingerprint density at radius 2 is 2.00 bits per heavy atom. The van der Waals surface area contributed by atoms with Gasteiger partial charge in [0, 0.05) is 31.2 Å². The Morgan fingerprint density at radius 1 is 1.16 bits per heavy atom. The van der Waals surface area contributed by atoms with Crippen LogP contribution in [0.1, 0.15) is 50.5 Å². The van der Waals surface area contributed by atoms with Gasteiger partial charge in [0.2, 0.25) is 0 Å². The molecular weight excluding hydrogens is 308 g/mol. The van der Waals surface area contributed by atoms with Crippen LogP contribution < -0.4 is 10.1 Å². The summed E-state index contributed by atoms with van der Waals surface area (Å²) in [6.45, 7) is 3.16. The second-order valence-corrected chi connectivity index (χ2v) is 8.32. The van der Waals surface area contributed by atoms with Crippen molar-refractivity contribution in [2.24, 2.45) is 5.92 Å². The highest BCUT2D eigenvalue weighted by Gasteiger charge is 2.39. The molecule has 3 aliphatic rings. The van der Waals surface area contributed by atoms with Gasteiger partial charge >= 0.3 is 0 Å². The van der Waals surface area contributed by atoms with Crippen molar-refractivity contribution in [2.45, 2.75) is 63.1 Å². The van der Waals surface area contributed by atoms with Gasteiger partial charge in [-0.3, -0.25) is 0 Å². The summed E-state index contributed by atoms with van der Waals surface area (Å²) < 4.78 is 6.57. The molecule has 1 saturated carbocycles. The quantitative estimate of drug-likeness (QED) is 0.837. The SMILES string of the molecule is CN(C[C@@H]1CC=CCC1)C1CCC2(CC1)CNCc1ccccc1O2. The molecule has 1 spiro atoms. The fourth-order valence-corrected chi connectivity index (χ4v) is 4.87. The van der Waals surface area contributed by atoms with Crippen LogP contribution in [0.25, 0.3) is 0 Å². The maximum Gasteiger partial charge on any atom is 0.124 e. The van der Waals surface area contributed by atoms with Gasteiger partial charge in [0.05, 0.1) is 0 Å². The van der Waals surface area contributed by atoms with Crippen LogP contribution in [-0.4, -0.2) is 36.7 Å². The third-order valence-corrected chi connectivity index (χ3v) is 6.48. The Kier molecular flexibility index (Phi) is 5.14. The van der Waals surface area contributed by atoms with E-state index in [0.717, 1.165) is 43.6 Å². The van der Waals surface area contributed by atoms with Gasteiger partial charge in [0.15, 0.2) is 0 Å². The molecule has 0 saturated heterocycles. The molecule has 4 rings (SSSR count). The third-order valence-electron chi connectivity index (χ3n) is 6.48. The second-order valence-electron chi connectivity index (χ2n) is 8.32. The minimum Gasteiger partial charge on any atom is -0.486 e. The summed E-state index contributed by atoms with van der Waals surface area (Å²) >= 11 is 0. The summed E-state index contributed by atoms with van der Waals surface area (Å²) in [5.74, 6) is 1.95. The molecule has 136 valence electrons. The summed E-state index contributed by atoms with van der Waals surface area (Å²) in [6.07, 6.45) is 13.4. The highest BCUT2D eigenvalue weighted by Crippen LogP contribution is 2.37. The lowest BCUT2D eigenvalue weighted by Crippen LogP contribution is -2.50. The number of benzene rings is 1. The Morgan fingerprint density at radius 3 is 2.80 bits per heavy atom. The van der Waals surface area contributed by atoms with E-state index in [0.29, 0.717) is 0 Å². The monoisotopic (exact) mass is 340 g/mol. The van der Waals surface area contributed by atoms with E-state index in [-0.39, 0.29) is 5.60 Å². The predicted octanol–water partition coefficient (Wildman–Crippen LogP) is 4.14. The van der Waals surface area contributed by atoms with Crippen molar-refractivity contribution in [3.05, 3.63) is 42.0 Å². The molecule has 0 radical (unpaired) electrons. The van der Waals surface area contributed by atoms with Gasteiger partial charge < -0.3 is 15.0 Å². The molecule has 1 aromatic carbocycles. The van der Waals surface area contributed by atoms with Gasteiger partial charge in [-0.1, -0.05) is 30.4 Å². The zero-order valence-corrected chi connectivity index (χ0v) is 15.5. The smallest absolute Gasteiger partial charge is 0.124 e. The average molecular weight is 341 g/mol. The van der Waals surface area contributed by atoms with Crippen molar-refractivity contribution in [2.75, 3.05) is 20.1 Å². The van der Waals surface area contributed by atoms with Crippen LogP contribution in [0.3, 0.4) is 0 Å². The summed E-state index contributed by atoms with van der Waals surface area (Å²) in [7, 11) is 2.34. The standard InChI is InChI=1S/C22H32N2O/c1-24(16-18-7-3-2-4-8-18)20-11-13-22(14-12-20)17-23-15-19-9-5-6-10-21(19)25-22/h2-3,5-6,9-10,18,20,23H,4,7-8,11-17H2,1H3/t18-,20?,22?/m1/s1. The van der Waals surface area contributed by atoms with Gasteiger partial charge in [-0.05, 0) is 64.0 Å². The molecule has 1 N–H and O–H groups in total. The molecule has 0 unspecified atom stereocenters. The second kappa shape index (κ2) is 7.51. The molecule has 1 fully saturated rings. The molecule has 1 heterocycles. The van der Waals surface area contributed by atoms with E-state index >= 15 is 0 Å². The average Bonchev–Trinajstić information content (AvgIpc) is 2.82. The van der Waals surface area contributed by atoms with Crippen LogP contribution in [-0.2, 0) is 6.54 Å². The van der Waals surface area contributed by atoms with Crippen LogP contribution in [0.15, 0.2) is 36.4 Å².